The van der Waals surface area contributed by atoms with Gasteiger partial charge in [-0.05, 0) is 48.9 Å². The van der Waals surface area contributed by atoms with Gasteiger partial charge in [-0.25, -0.2) is 20.3 Å². The quantitative estimate of drug-likeness (QED) is 0.447. The molecule has 0 aliphatic rings. The molecule has 0 saturated heterocycles. The van der Waals surface area contributed by atoms with Gasteiger partial charge < -0.3 is 19.1 Å². The average molecular weight is 485 g/mol. The van der Waals surface area contributed by atoms with Crippen LogP contribution in [0.1, 0.15) is 6.92 Å². The van der Waals surface area contributed by atoms with E-state index in [1.54, 1.807) is 50.7 Å². The smallest absolute Gasteiger partial charge is 0.260 e. The topological polar surface area (TPSA) is 95.5 Å². The van der Waals surface area contributed by atoms with E-state index in [1.165, 1.54) is 6.92 Å². The predicted molar refractivity (Wildman–Crippen MR) is 103 cm³/mol. The number of amides is 1. The number of nitrogens with zero attached hydrogens (tertiary/aromatic N) is 7. The molecule has 28 heavy (non-hydrogen) atoms. The molecule has 145 valence electrons. The Labute approximate surface area is 176 Å². The maximum atomic E-state index is 10.5. The summed E-state index contributed by atoms with van der Waals surface area (Å²) in [5.74, 6) is 0.494. The van der Waals surface area contributed by atoms with Crippen molar-refractivity contribution in [3.05, 3.63) is 79.8 Å². The van der Waals surface area contributed by atoms with E-state index in [1.807, 2.05) is 60.2 Å². The monoisotopic (exact) mass is 485 g/mol. The Kier molecular flexibility index (Phi) is 9.10. The summed E-state index contributed by atoms with van der Waals surface area (Å²) in [4.78, 5) is 14.3. The van der Waals surface area contributed by atoms with Gasteiger partial charge in [0.2, 0.25) is 5.91 Å². The van der Waals surface area contributed by atoms with Gasteiger partial charge in [0.15, 0.2) is 0 Å². The summed E-state index contributed by atoms with van der Waals surface area (Å²) < 4.78 is 5.38. The van der Waals surface area contributed by atoms with E-state index in [9.17, 15) is 4.79 Å². The van der Waals surface area contributed by atoms with Crippen LogP contribution in [0.3, 0.4) is 0 Å². The van der Waals surface area contributed by atoms with Crippen molar-refractivity contribution in [1.82, 2.24) is 34.1 Å². The molecule has 4 heterocycles. The van der Waals surface area contributed by atoms with Crippen molar-refractivity contribution < 1.29 is 22.1 Å². The molecule has 0 spiro atoms. The Balaban J connectivity index is 0.000000202. The summed E-state index contributed by atoms with van der Waals surface area (Å²) in [5, 5.41) is 15.2. The van der Waals surface area contributed by atoms with Crippen LogP contribution in [0.25, 0.3) is 0 Å². The minimum atomic E-state index is -0.194. The number of aromatic nitrogens is 7. The van der Waals surface area contributed by atoms with Gasteiger partial charge in [-0.2, -0.15) is 0 Å². The van der Waals surface area contributed by atoms with E-state index in [0.29, 0.717) is 5.82 Å². The third-order valence-electron chi connectivity index (χ3n) is 3.25. The molecule has 0 atom stereocenters. The molecule has 0 fully saturated rings. The van der Waals surface area contributed by atoms with Crippen LogP contribution in [-0.2, 0) is 22.1 Å². The molecule has 12 heteroatoms. The van der Waals surface area contributed by atoms with Crippen LogP contribution in [0.5, 0.6) is 0 Å². The second-order valence-corrected chi connectivity index (χ2v) is 5.20. The number of nitrogens with one attached hydrogen (secondary N) is 1. The molecule has 4 aromatic heterocycles. The SMILES string of the molecule is CC(=O)Nc1ccccn1.[Cl][Ru+].c1cnn([B-](n2cccn2)n2cccn2)c1. The number of carbonyl (C=O) groups excluding carboxylic acids is 1. The van der Waals surface area contributed by atoms with E-state index in [4.69, 9.17) is 0 Å². The summed E-state index contributed by atoms with van der Waals surface area (Å²) >= 11 is 1.82. The fraction of sp³-hybridized carbons (Fsp3) is 0.0625. The van der Waals surface area contributed by atoms with Gasteiger partial charge in [0.25, 0.3) is 7.12 Å². The molecule has 0 aliphatic carbocycles. The van der Waals surface area contributed by atoms with Crippen molar-refractivity contribution in [3.8, 4) is 0 Å². The van der Waals surface area contributed by atoms with E-state index in [0.717, 1.165) is 0 Å². The number of anilines is 1. The molecular weight excluding hydrogens is 468 g/mol. The Bertz CT molecular complexity index is 822. The maximum Gasteiger partial charge on any atom is 0.260 e. The van der Waals surface area contributed by atoms with E-state index >= 15 is 0 Å². The van der Waals surface area contributed by atoms with Gasteiger partial charge in [-0.15, -0.1) is 0 Å². The second kappa shape index (κ2) is 11.8. The molecule has 1 radical (unpaired) electrons. The zero-order valence-electron chi connectivity index (χ0n) is 14.9. The molecule has 4 aromatic rings. The molecule has 0 saturated carbocycles. The van der Waals surface area contributed by atoms with Crippen LogP contribution >= 0.6 is 9.69 Å². The van der Waals surface area contributed by atoms with Crippen LogP contribution in [0.2, 0.25) is 0 Å². The van der Waals surface area contributed by atoms with Crippen molar-refractivity contribution in [1.29, 1.82) is 0 Å². The molecule has 9 nitrogen and oxygen atoms in total. The van der Waals surface area contributed by atoms with Crippen LogP contribution in [-0.4, -0.2) is 47.1 Å². The molecule has 0 aromatic carbocycles. The molecule has 1 amide bonds. The first-order chi connectivity index (χ1) is 13.7. The first kappa shape index (κ1) is 21.5. The standard InChI is InChI=1S/C9H9BN6.C7H8N2O.ClH.Ru/c1-4-11-14(7-1)10(15-8-2-5-12-15)16-9-3-6-13-16;1-6(10)9-7-4-2-3-5-8-7;;/h1-9H;2-5H,1H3,(H,8,9,10);1H;/q-1;;;+2/p-1. The number of hydrogen-bond acceptors (Lipinski definition) is 5. The Morgan fingerprint density at radius 2 is 1.39 bits per heavy atom. The van der Waals surface area contributed by atoms with Crippen molar-refractivity contribution >= 4 is 28.5 Å². The Hall–Kier alpha value is -2.77. The maximum absolute atomic E-state index is 10.5. The summed E-state index contributed by atoms with van der Waals surface area (Å²) in [6.45, 7) is 1.45. The summed E-state index contributed by atoms with van der Waals surface area (Å²) in [5.41, 5.74) is 0. The molecular formula is C16H17BClN8ORu. The van der Waals surface area contributed by atoms with Gasteiger partial charge in [-0.3, -0.25) is 4.79 Å². The van der Waals surface area contributed by atoms with Crippen molar-refractivity contribution in [2.24, 2.45) is 0 Å². The van der Waals surface area contributed by atoms with E-state index in [2.05, 4.69) is 35.3 Å². The van der Waals surface area contributed by atoms with Gasteiger partial charge >= 0.3 is 27.0 Å². The van der Waals surface area contributed by atoms with Gasteiger partial charge in [-0.1, -0.05) is 6.07 Å². The van der Waals surface area contributed by atoms with Crippen LogP contribution in [0, 0.1) is 0 Å². The second-order valence-electron chi connectivity index (χ2n) is 5.20. The summed E-state index contributed by atoms with van der Waals surface area (Å²) in [7, 11) is 4.37. The molecule has 0 aliphatic heterocycles. The van der Waals surface area contributed by atoms with Crippen LogP contribution < -0.4 is 5.32 Å². The molecule has 0 unspecified atom stereocenters. The minimum absolute atomic E-state index is 0.0984. The van der Waals surface area contributed by atoms with Crippen molar-refractivity contribution in [2.45, 2.75) is 6.92 Å². The van der Waals surface area contributed by atoms with Crippen LogP contribution in [0.15, 0.2) is 79.8 Å². The largest absolute Gasteiger partial charge is 0.425 e. The number of carbonyl (C=O) groups is 1. The van der Waals surface area contributed by atoms with Crippen molar-refractivity contribution in [3.63, 3.8) is 0 Å². The number of halogens is 1. The minimum Gasteiger partial charge on any atom is -0.425 e. The zero-order chi connectivity index (χ0) is 20.2. The van der Waals surface area contributed by atoms with E-state index < -0.39 is 0 Å². The fourth-order valence-corrected chi connectivity index (χ4v) is 2.23. The molecule has 1 N–H and O–H groups in total. The first-order valence-corrected chi connectivity index (χ1v) is 10.3. The summed E-state index contributed by atoms with van der Waals surface area (Å²) in [6.07, 6.45) is 12.5. The predicted octanol–water partition coefficient (Wildman–Crippen LogP) is 1.93. The first-order valence-electron chi connectivity index (χ1n) is 8.03. The number of pyridine rings is 1. The fourth-order valence-electron chi connectivity index (χ4n) is 2.23. The molecule has 4 rings (SSSR count). The Morgan fingerprint density at radius 3 is 1.71 bits per heavy atom. The Morgan fingerprint density at radius 1 is 0.893 bits per heavy atom. The van der Waals surface area contributed by atoms with Gasteiger partial charge in [0.05, 0.1) is 0 Å². The average Bonchev–Trinajstić information content (AvgIpc) is 3.50. The van der Waals surface area contributed by atoms with E-state index in [-0.39, 0.29) is 13.0 Å². The number of rotatable bonds is 4. The third kappa shape index (κ3) is 6.44. The summed E-state index contributed by atoms with van der Waals surface area (Å²) in [6, 6.07) is 11.0. The van der Waals surface area contributed by atoms with Crippen LogP contribution in [0.4, 0.5) is 5.82 Å². The van der Waals surface area contributed by atoms with Gasteiger partial charge in [0.1, 0.15) is 5.82 Å². The molecule has 0 bridgehead atoms. The number of hydrogen-bond donors (Lipinski definition) is 1. The van der Waals surface area contributed by atoms with Gasteiger partial charge in [0, 0.05) is 31.7 Å². The van der Waals surface area contributed by atoms with Crippen molar-refractivity contribution in [2.75, 3.05) is 5.32 Å². The zero-order valence-corrected chi connectivity index (χ0v) is 17.3. The third-order valence-corrected chi connectivity index (χ3v) is 3.25. The normalized spacial score (nSPS) is 9.71.